The van der Waals surface area contributed by atoms with E-state index in [0.29, 0.717) is 30.2 Å². The van der Waals surface area contributed by atoms with E-state index in [1.807, 2.05) is 18.2 Å². The van der Waals surface area contributed by atoms with Gasteiger partial charge in [0.1, 0.15) is 5.75 Å². The second-order valence-electron chi connectivity index (χ2n) is 5.74. The number of carbonyl (C=O) groups excluding carboxylic acids is 2. The Morgan fingerprint density at radius 3 is 2.52 bits per heavy atom. The van der Waals surface area contributed by atoms with Crippen molar-refractivity contribution < 1.29 is 14.7 Å². The van der Waals surface area contributed by atoms with E-state index in [-0.39, 0.29) is 5.75 Å². The smallest absolute Gasteiger partial charge is 0.313 e. The lowest BCUT2D eigenvalue weighted by Crippen LogP contribution is -2.41. The first-order valence-electron chi connectivity index (χ1n) is 7.87. The molecule has 1 aliphatic rings. The van der Waals surface area contributed by atoms with Crippen LogP contribution in [0.1, 0.15) is 12.0 Å². The minimum absolute atomic E-state index is 0.217. The second kappa shape index (κ2) is 7.40. The van der Waals surface area contributed by atoms with Crippen molar-refractivity contribution in [2.75, 3.05) is 18.4 Å². The summed E-state index contributed by atoms with van der Waals surface area (Å²) in [4.78, 5) is 25.9. The van der Waals surface area contributed by atoms with E-state index in [2.05, 4.69) is 5.32 Å². The Hall–Kier alpha value is -2.79. The number of hydrogen-bond acceptors (Lipinski definition) is 3. The molecule has 0 saturated carbocycles. The number of halogens is 1. The molecule has 2 aromatic rings. The van der Waals surface area contributed by atoms with Crippen LogP contribution in [0.15, 0.2) is 54.6 Å². The molecule has 0 atom stereocenters. The zero-order valence-electron chi connectivity index (χ0n) is 13.4. The van der Waals surface area contributed by atoms with E-state index in [1.165, 1.54) is 4.90 Å². The van der Waals surface area contributed by atoms with E-state index in [4.69, 9.17) is 11.6 Å². The van der Waals surface area contributed by atoms with Crippen molar-refractivity contribution in [3.05, 3.63) is 65.2 Å². The molecule has 0 aliphatic carbocycles. The summed E-state index contributed by atoms with van der Waals surface area (Å²) in [6.45, 7) is 0.840. The molecule has 0 saturated heterocycles. The highest BCUT2D eigenvalue weighted by Gasteiger charge is 2.24. The zero-order chi connectivity index (χ0) is 17.8. The van der Waals surface area contributed by atoms with Crippen LogP contribution < -0.4 is 5.32 Å². The number of phenolic OH excluding ortho intramolecular Hbond substituents is 1. The fourth-order valence-corrected chi connectivity index (χ4v) is 2.88. The second-order valence-corrected chi connectivity index (χ2v) is 6.18. The van der Waals surface area contributed by atoms with Crippen molar-refractivity contribution in [3.8, 4) is 5.75 Å². The molecule has 0 fully saturated rings. The van der Waals surface area contributed by atoms with Crippen LogP contribution in [0.5, 0.6) is 5.75 Å². The van der Waals surface area contributed by atoms with Crippen molar-refractivity contribution in [2.45, 2.75) is 6.42 Å². The molecule has 0 radical (unpaired) electrons. The molecule has 25 heavy (non-hydrogen) atoms. The molecule has 0 spiro atoms. The van der Waals surface area contributed by atoms with Gasteiger partial charge in [0, 0.05) is 23.8 Å². The van der Waals surface area contributed by atoms with E-state index in [0.717, 1.165) is 11.1 Å². The number of nitrogens with zero attached hydrogens (tertiary/aromatic N) is 1. The molecule has 2 N–H and O–H groups in total. The van der Waals surface area contributed by atoms with Gasteiger partial charge in [-0.3, -0.25) is 9.59 Å². The molecular weight excluding hydrogens is 340 g/mol. The number of amides is 2. The summed E-state index contributed by atoms with van der Waals surface area (Å²) in [6.07, 6.45) is 2.58. The third-order valence-electron chi connectivity index (χ3n) is 4.01. The molecule has 2 aromatic carbocycles. The van der Waals surface area contributed by atoms with Crippen molar-refractivity contribution in [1.29, 1.82) is 0 Å². The molecule has 0 unspecified atom stereocenters. The first-order chi connectivity index (χ1) is 12.0. The summed E-state index contributed by atoms with van der Waals surface area (Å²) in [7, 11) is 0. The van der Waals surface area contributed by atoms with E-state index >= 15 is 0 Å². The van der Waals surface area contributed by atoms with Gasteiger partial charge >= 0.3 is 11.8 Å². The standard InChI is InChI=1S/C19H17ClN2O3/c20-15-2-1-3-16(12-15)21-18(24)19(25)22-10-8-14(9-11-22)13-4-6-17(23)7-5-13/h1-8,12,23H,9-11H2,(H,21,24). The lowest BCUT2D eigenvalue weighted by molar-refractivity contribution is -0.142. The fraction of sp³-hybridized carbons (Fsp3) is 0.158. The molecule has 128 valence electrons. The Kier molecular flexibility index (Phi) is 5.05. The van der Waals surface area contributed by atoms with Crippen LogP contribution in [0, 0.1) is 0 Å². The minimum atomic E-state index is -0.677. The number of nitrogens with one attached hydrogen (secondary N) is 1. The van der Waals surface area contributed by atoms with E-state index in [1.54, 1.807) is 36.4 Å². The maximum atomic E-state index is 12.3. The summed E-state index contributed by atoms with van der Waals surface area (Å²) >= 11 is 5.87. The van der Waals surface area contributed by atoms with Crippen molar-refractivity contribution in [3.63, 3.8) is 0 Å². The highest BCUT2D eigenvalue weighted by molar-refractivity contribution is 6.39. The molecule has 0 bridgehead atoms. The predicted molar refractivity (Wildman–Crippen MR) is 97.4 cm³/mol. The van der Waals surface area contributed by atoms with Crippen molar-refractivity contribution >= 4 is 34.7 Å². The van der Waals surface area contributed by atoms with Crippen LogP contribution in [0.4, 0.5) is 5.69 Å². The molecule has 6 heteroatoms. The van der Waals surface area contributed by atoms with Crippen molar-refractivity contribution in [1.82, 2.24) is 4.90 Å². The van der Waals surface area contributed by atoms with Crippen LogP contribution >= 0.6 is 11.6 Å². The third kappa shape index (κ3) is 4.19. The first kappa shape index (κ1) is 17.0. The van der Waals surface area contributed by atoms with Gasteiger partial charge in [-0.2, -0.15) is 0 Å². The SMILES string of the molecule is O=C(Nc1cccc(Cl)c1)C(=O)N1CC=C(c2ccc(O)cc2)CC1. The average molecular weight is 357 g/mol. The maximum Gasteiger partial charge on any atom is 0.313 e. The highest BCUT2D eigenvalue weighted by atomic mass is 35.5. The van der Waals surface area contributed by atoms with Gasteiger partial charge in [0.15, 0.2) is 0 Å². The van der Waals surface area contributed by atoms with Gasteiger partial charge in [0.25, 0.3) is 0 Å². The highest BCUT2D eigenvalue weighted by Crippen LogP contribution is 2.24. The number of carbonyl (C=O) groups is 2. The molecule has 1 heterocycles. The lowest BCUT2D eigenvalue weighted by atomic mass is 9.99. The lowest BCUT2D eigenvalue weighted by Gasteiger charge is -2.26. The van der Waals surface area contributed by atoms with Gasteiger partial charge in [0.05, 0.1) is 0 Å². The zero-order valence-corrected chi connectivity index (χ0v) is 14.2. The van der Waals surface area contributed by atoms with Crippen molar-refractivity contribution in [2.24, 2.45) is 0 Å². The quantitative estimate of drug-likeness (QED) is 0.811. The van der Waals surface area contributed by atoms with Crippen LogP contribution in [0.2, 0.25) is 5.02 Å². The molecule has 5 nitrogen and oxygen atoms in total. The number of rotatable bonds is 2. The summed E-state index contributed by atoms with van der Waals surface area (Å²) in [6, 6.07) is 13.6. The Balaban J connectivity index is 1.62. The topological polar surface area (TPSA) is 69.6 Å². The minimum Gasteiger partial charge on any atom is -0.508 e. The van der Waals surface area contributed by atoms with E-state index in [9.17, 15) is 14.7 Å². The summed E-state index contributed by atoms with van der Waals surface area (Å²) in [5.41, 5.74) is 2.59. The fourth-order valence-electron chi connectivity index (χ4n) is 2.69. The maximum absolute atomic E-state index is 12.3. The normalized spacial score (nSPS) is 14.0. The Morgan fingerprint density at radius 2 is 1.88 bits per heavy atom. The number of aromatic hydroxyl groups is 1. The number of anilines is 1. The molecular formula is C19H17ClN2O3. The third-order valence-corrected chi connectivity index (χ3v) is 4.25. The summed E-state index contributed by atoms with van der Waals surface area (Å²) < 4.78 is 0. The van der Waals surface area contributed by atoms with Gasteiger partial charge in [0.2, 0.25) is 0 Å². The number of hydrogen-bond donors (Lipinski definition) is 2. The average Bonchev–Trinajstić information content (AvgIpc) is 2.62. The van der Waals surface area contributed by atoms with Gasteiger partial charge in [-0.25, -0.2) is 0 Å². The molecule has 2 amide bonds. The Labute approximate surface area is 150 Å². The van der Waals surface area contributed by atoms with E-state index < -0.39 is 11.8 Å². The number of phenols is 1. The largest absolute Gasteiger partial charge is 0.508 e. The van der Waals surface area contributed by atoms with Gasteiger partial charge in [-0.05, 0) is 47.9 Å². The molecule has 3 rings (SSSR count). The van der Waals surface area contributed by atoms with Gasteiger partial charge in [-0.15, -0.1) is 0 Å². The Morgan fingerprint density at radius 1 is 1.12 bits per heavy atom. The van der Waals surface area contributed by atoms with Gasteiger partial charge in [-0.1, -0.05) is 35.9 Å². The predicted octanol–water partition coefficient (Wildman–Crippen LogP) is 3.30. The van der Waals surface area contributed by atoms with Crippen LogP contribution in [0.3, 0.4) is 0 Å². The Bertz CT molecular complexity index is 831. The van der Waals surface area contributed by atoms with Crippen LogP contribution in [-0.2, 0) is 9.59 Å². The summed E-state index contributed by atoms with van der Waals surface area (Å²) in [5.74, 6) is -1.03. The first-order valence-corrected chi connectivity index (χ1v) is 8.25. The summed E-state index contributed by atoms with van der Waals surface area (Å²) in [5, 5.41) is 12.4. The van der Waals surface area contributed by atoms with Gasteiger partial charge < -0.3 is 15.3 Å². The number of benzene rings is 2. The molecule has 1 aliphatic heterocycles. The van der Waals surface area contributed by atoms with Crippen LogP contribution in [-0.4, -0.2) is 34.9 Å². The van der Waals surface area contributed by atoms with Crippen LogP contribution in [0.25, 0.3) is 5.57 Å². The molecule has 0 aromatic heterocycles. The monoisotopic (exact) mass is 356 g/mol.